The maximum atomic E-state index is 13.5. The van der Waals surface area contributed by atoms with E-state index in [1.807, 2.05) is 6.07 Å². The summed E-state index contributed by atoms with van der Waals surface area (Å²) >= 11 is 6.75. The number of carbonyl (C=O) groups is 2. The number of nitrogens with zero attached hydrogens (tertiary/aromatic N) is 4. The molecular formula is C26H22ClF3N4O2S. The van der Waals surface area contributed by atoms with Crippen molar-refractivity contribution in [3.63, 3.8) is 0 Å². The van der Waals surface area contributed by atoms with Gasteiger partial charge in [0, 0.05) is 17.0 Å². The molecule has 4 aliphatic rings. The fourth-order valence-electron chi connectivity index (χ4n) is 5.58. The van der Waals surface area contributed by atoms with Crippen LogP contribution in [0.15, 0.2) is 47.5 Å². The van der Waals surface area contributed by atoms with Gasteiger partial charge in [0.2, 0.25) is 0 Å². The van der Waals surface area contributed by atoms with E-state index in [2.05, 4.69) is 10.00 Å². The Bertz CT molecular complexity index is 1450. The van der Waals surface area contributed by atoms with Crippen LogP contribution in [-0.2, 0) is 17.5 Å². The number of benzene rings is 2. The molecule has 2 bridgehead atoms. The van der Waals surface area contributed by atoms with E-state index in [4.69, 9.17) is 11.6 Å². The van der Waals surface area contributed by atoms with Crippen LogP contribution in [0, 0.1) is 5.92 Å². The molecule has 192 valence electrons. The number of alkyl halides is 3. The summed E-state index contributed by atoms with van der Waals surface area (Å²) in [6.07, 6.45) is 0.756. The molecule has 37 heavy (non-hydrogen) atoms. The standard InChI is InChI=1S/C26H22ClF3N4O2S/c27-19-3-2-17(20(11-19)26(28,29)30)13-33-21-4-1-15(9-18(21)12-31-33)10-23-24(35)34(25(36)37-23)22-14-32-7-5-16(22)6-8-32/h1-4,9-12,16,22H,5-8,13-14H2. The zero-order valence-corrected chi connectivity index (χ0v) is 21.1. The average Bonchev–Trinajstić information content (AvgIpc) is 3.39. The second kappa shape index (κ2) is 9.18. The van der Waals surface area contributed by atoms with E-state index in [0.29, 0.717) is 27.3 Å². The van der Waals surface area contributed by atoms with Crippen molar-refractivity contribution in [2.45, 2.75) is 31.6 Å². The summed E-state index contributed by atoms with van der Waals surface area (Å²) in [5, 5.41) is 4.79. The van der Waals surface area contributed by atoms with E-state index in [9.17, 15) is 22.8 Å². The highest BCUT2D eigenvalue weighted by atomic mass is 35.5. The van der Waals surface area contributed by atoms with Gasteiger partial charge in [-0.05, 0) is 85.1 Å². The first-order valence-electron chi connectivity index (χ1n) is 12.0. The van der Waals surface area contributed by atoms with E-state index in [1.165, 1.54) is 21.7 Å². The van der Waals surface area contributed by atoms with Gasteiger partial charge >= 0.3 is 6.18 Å². The van der Waals surface area contributed by atoms with Crippen LogP contribution in [0.1, 0.15) is 29.5 Å². The predicted octanol–water partition coefficient (Wildman–Crippen LogP) is 5.89. The molecule has 0 radical (unpaired) electrons. The van der Waals surface area contributed by atoms with Gasteiger partial charge in [0.1, 0.15) is 0 Å². The fourth-order valence-corrected chi connectivity index (χ4v) is 6.63. The summed E-state index contributed by atoms with van der Waals surface area (Å²) in [5.74, 6) is 0.102. The Hall–Kier alpha value is -2.82. The predicted molar refractivity (Wildman–Crippen MR) is 136 cm³/mol. The van der Waals surface area contributed by atoms with Gasteiger partial charge < -0.3 is 4.90 Å². The molecule has 1 unspecified atom stereocenters. The number of piperidine rings is 3. The molecule has 4 saturated heterocycles. The Balaban J connectivity index is 1.25. The maximum absolute atomic E-state index is 13.5. The number of hydrogen-bond acceptors (Lipinski definition) is 5. The van der Waals surface area contributed by atoms with Crippen molar-refractivity contribution in [3.05, 3.63) is 69.2 Å². The van der Waals surface area contributed by atoms with Crippen molar-refractivity contribution in [3.8, 4) is 0 Å². The SMILES string of the molecule is O=C1SC(=Cc2ccc3c(cnn3Cc3ccc(Cl)cc3C(F)(F)F)c2)C(=O)N1C1CN2CCC1CC2. The Kier molecular flexibility index (Phi) is 6.08. The molecule has 0 saturated carbocycles. The molecule has 0 aliphatic carbocycles. The van der Waals surface area contributed by atoms with E-state index in [0.717, 1.165) is 50.3 Å². The zero-order valence-electron chi connectivity index (χ0n) is 19.5. The molecular weight excluding hydrogens is 525 g/mol. The average molecular weight is 547 g/mol. The third-order valence-corrected chi connectivity index (χ3v) is 8.56. The van der Waals surface area contributed by atoms with Gasteiger partial charge in [-0.15, -0.1) is 0 Å². The van der Waals surface area contributed by atoms with E-state index >= 15 is 0 Å². The molecule has 4 fully saturated rings. The van der Waals surface area contributed by atoms with Gasteiger partial charge in [-0.2, -0.15) is 18.3 Å². The smallest absolute Gasteiger partial charge is 0.301 e. The Labute approximate surface area is 220 Å². The van der Waals surface area contributed by atoms with E-state index in [1.54, 1.807) is 24.4 Å². The molecule has 1 atom stereocenters. The summed E-state index contributed by atoms with van der Waals surface area (Å²) in [4.78, 5) is 30.1. The highest BCUT2D eigenvalue weighted by molar-refractivity contribution is 8.18. The lowest BCUT2D eigenvalue weighted by Crippen LogP contribution is -2.58. The van der Waals surface area contributed by atoms with Gasteiger partial charge in [-0.25, -0.2) is 0 Å². The van der Waals surface area contributed by atoms with Crippen LogP contribution in [0.25, 0.3) is 17.0 Å². The minimum atomic E-state index is -4.53. The molecule has 6 nitrogen and oxygen atoms in total. The first-order chi connectivity index (χ1) is 17.7. The molecule has 11 heteroatoms. The summed E-state index contributed by atoms with van der Waals surface area (Å²) in [6.45, 7) is 2.71. The van der Waals surface area contributed by atoms with Crippen LogP contribution in [0.3, 0.4) is 0 Å². The minimum absolute atomic E-state index is 0.0176. The van der Waals surface area contributed by atoms with Crippen LogP contribution in [-0.4, -0.2) is 56.4 Å². The van der Waals surface area contributed by atoms with Crippen LogP contribution < -0.4 is 0 Å². The van der Waals surface area contributed by atoms with Crippen LogP contribution >= 0.6 is 23.4 Å². The molecule has 3 aromatic rings. The maximum Gasteiger partial charge on any atom is 0.416 e. The molecule has 5 heterocycles. The van der Waals surface area contributed by atoms with Crippen LogP contribution in [0.2, 0.25) is 5.02 Å². The molecule has 0 spiro atoms. The topological polar surface area (TPSA) is 58.4 Å². The van der Waals surface area contributed by atoms with Crippen molar-refractivity contribution < 1.29 is 22.8 Å². The summed E-state index contributed by atoms with van der Waals surface area (Å²) in [5.41, 5.74) is 0.640. The minimum Gasteiger partial charge on any atom is -0.301 e. The van der Waals surface area contributed by atoms with Gasteiger partial charge in [-0.3, -0.25) is 19.2 Å². The number of aromatic nitrogens is 2. The summed E-state index contributed by atoms with van der Waals surface area (Å²) < 4.78 is 42.0. The van der Waals surface area contributed by atoms with Crippen molar-refractivity contribution in [1.29, 1.82) is 0 Å². The van der Waals surface area contributed by atoms with Crippen molar-refractivity contribution in [1.82, 2.24) is 19.6 Å². The zero-order chi connectivity index (χ0) is 25.9. The number of fused-ring (bicyclic) bond motifs is 4. The lowest BCUT2D eigenvalue weighted by molar-refractivity contribution is -0.138. The second-order valence-corrected chi connectivity index (χ2v) is 11.1. The lowest BCUT2D eigenvalue weighted by Gasteiger charge is -2.47. The molecule has 0 N–H and O–H groups in total. The fraction of sp³-hybridized carbons (Fsp3) is 0.346. The molecule has 4 aliphatic heterocycles. The normalized spacial score (nSPS) is 25.1. The largest absolute Gasteiger partial charge is 0.416 e. The number of amides is 2. The quantitative estimate of drug-likeness (QED) is 0.382. The van der Waals surface area contributed by atoms with Crippen LogP contribution in [0.5, 0.6) is 0 Å². The van der Waals surface area contributed by atoms with E-state index in [-0.39, 0.29) is 34.3 Å². The molecule has 7 rings (SSSR count). The highest BCUT2D eigenvalue weighted by Crippen LogP contribution is 2.40. The lowest BCUT2D eigenvalue weighted by atomic mass is 9.83. The Morgan fingerprint density at radius 3 is 2.59 bits per heavy atom. The van der Waals surface area contributed by atoms with Gasteiger partial charge in [0.05, 0.1) is 34.8 Å². The van der Waals surface area contributed by atoms with Crippen molar-refractivity contribution >= 4 is 51.5 Å². The Morgan fingerprint density at radius 2 is 1.89 bits per heavy atom. The molecule has 2 amide bonds. The van der Waals surface area contributed by atoms with E-state index < -0.39 is 11.7 Å². The summed E-state index contributed by atoms with van der Waals surface area (Å²) in [7, 11) is 0. The van der Waals surface area contributed by atoms with Crippen molar-refractivity contribution in [2.75, 3.05) is 19.6 Å². The van der Waals surface area contributed by atoms with Crippen molar-refractivity contribution in [2.24, 2.45) is 5.92 Å². The first kappa shape index (κ1) is 24.5. The Morgan fingerprint density at radius 1 is 1.11 bits per heavy atom. The number of thioether (sulfide) groups is 1. The summed E-state index contributed by atoms with van der Waals surface area (Å²) in [6, 6.07) is 8.98. The number of hydrogen-bond donors (Lipinski definition) is 0. The monoisotopic (exact) mass is 546 g/mol. The molecule has 1 aromatic heterocycles. The second-order valence-electron chi connectivity index (χ2n) is 9.68. The third-order valence-electron chi connectivity index (χ3n) is 7.44. The van der Waals surface area contributed by atoms with Crippen LogP contribution in [0.4, 0.5) is 18.0 Å². The van der Waals surface area contributed by atoms with Gasteiger partial charge in [0.15, 0.2) is 0 Å². The number of imide groups is 1. The number of rotatable bonds is 4. The highest BCUT2D eigenvalue weighted by Gasteiger charge is 2.46. The van der Waals surface area contributed by atoms with Gasteiger partial charge in [0.25, 0.3) is 11.1 Å². The van der Waals surface area contributed by atoms with Gasteiger partial charge in [-0.1, -0.05) is 23.7 Å². The third kappa shape index (κ3) is 4.55. The number of carbonyl (C=O) groups excluding carboxylic acids is 2. The first-order valence-corrected chi connectivity index (χ1v) is 13.2. The number of halogens is 4. The molecule has 2 aromatic carbocycles.